The summed E-state index contributed by atoms with van der Waals surface area (Å²) in [5, 5.41) is 9.66. The van der Waals surface area contributed by atoms with Crippen molar-refractivity contribution in [2.45, 2.75) is 37.9 Å². The van der Waals surface area contributed by atoms with Crippen LogP contribution < -0.4 is 0 Å². The lowest BCUT2D eigenvalue weighted by Gasteiger charge is -2.47. The van der Waals surface area contributed by atoms with Crippen LogP contribution >= 0.6 is 0 Å². The summed E-state index contributed by atoms with van der Waals surface area (Å²) in [4.78, 5) is 7.67. The fourth-order valence-corrected chi connectivity index (χ4v) is 4.86. The molecule has 2 aliphatic heterocycles. The summed E-state index contributed by atoms with van der Waals surface area (Å²) in [6, 6.07) is 13.6. The van der Waals surface area contributed by atoms with E-state index >= 15 is 0 Å². The molecule has 28 heavy (non-hydrogen) atoms. The van der Waals surface area contributed by atoms with Crippen molar-refractivity contribution in [1.82, 2.24) is 14.7 Å². The van der Waals surface area contributed by atoms with Gasteiger partial charge in [-0.1, -0.05) is 24.3 Å². The average molecular weight is 384 g/mol. The summed E-state index contributed by atoms with van der Waals surface area (Å²) in [6.45, 7) is 6.78. The van der Waals surface area contributed by atoms with E-state index in [-0.39, 0.29) is 6.61 Å². The molecular formula is C23H33N3O2. The number of furan rings is 1. The third-order valence-corrected chi connectivity index (χ3v) is 6.43. The van der Waals surface area contributed by atoms with E-state index in [2.05, 4.69) is 46.0 Å². The summed E-state index contributed by atoms with van der Waals surface area (Å²) in [6.07, 6.45) is 5.10. The molecule has 1 atom stereocenters. The van der Waals surface area contributed by atoms with E-state index in [1.54, 1.807) is 6.26 Å². The number of rotatable bonds is 6. The van der Waals surface area contributed by atoms with Gasteiger partial charge in [0.25, 0.3) is 0 Å². The molecule has 0 spiro atoms. The van der Waals surface area contributed by atoms with E-state index in [0.29, 0.717) is 12.1 Å². The zero-order chi connectivity index (χ0) is 19.3. The molecular weight excluding hydrogens is 350 g/mol. The molecule has 0 radical (unpaired) electrons. The second-order valence-electron chi connectivity index (χ2n) is 8.31. The number of piperidine rings is 1. The van der Waals surface area contributed by atoms with Crippen molar-refractivity contribution in [3.8, 4) is 11.3 Å². The van der Waals surface area contributed by atoms with Crippen molar-refractivity contribution in [3.05, 3.63) is 48.2 Å². The molecule has 1 aromatic carbocycles. The number of aliphatic hydroxyl groups excluding tert-OH is 1. The lowest BCUT2D eigenvalue weighted by molar-refractivity contribution is 0.00603. The summed E-state index contributed by atoms with van der Waals surface area (Å²) in [5.41, 5.74) is 2.50. The molecule has 0 aliphatic carbocycles. The first-order valence-electron chi connectivity index (χ1n) is 10.6. The first-order valence-corrected chi connectivity index (χ1v) is 10.6. The highest BCUT2D eigenvalue weighted by Gasteiger charge is 2.33. The maximum absolute atomic E-state index is 9.66. The Bertz CT molecular complexity index is 725. The SMILES string of the molecule is CN1CCC(N2CCN(Cc3ccccc3-c3ccco3)CC2CCO)CC1. The normalized spacial score (nSPS) is 23.3. The van der Waals surface area contributed by atoms with Crippen LogP contribution in [0.15, 0.2) is 47.1 Å². The molecule has 1 aromatic heterocycles. The lowest BCUT2D eigenvalue weighted by atomic mass is 9.97. The lowest BCUT2D eigenvalue weighted by Crippen LogP contribution is -2.58. The number of piperazine rings is 1. The Labute approximate surface area is 168 Å². The molecule has 2 aliphatic rings. The maximum atomic E-state index is 9.66. The number of hydrogen-bond donors (Lipinski definition) is 1. The summed E-state index contributed by atoms with van der Waals surface area (Å²) >= 11 is 0. The van der Waals surface area contributed by atoms with Crippen molar-refractivity contribution >= 4 is 0 Å². The second kappa shape index (κ2) is 9.23. The molecule has 2 fully saturated rings. The highest BCUT2D eigenvalue weighted by atomic mass is 16.3. The van der Waals surface area contributed by atoms with Crippen molar-refractivity contribution < 1.29 is 9.52 Å². The minimum Gasteiger partial charge on any atom is -0.464 e. The number of benzene rings is 1. The van der Waals surface area contributed by atoms with Gasteiger partial charge in [-0.3, -0.25) is 9.80 Å². The summed E-state index contributed by atoms with van der Waals surface area (Å²) in [5.74, 6) is 0.937. The number of nitrogens with zero attached hydrogens (tertiary/aromatic N) is 3. The van der Waals surface area contributed by atoms with Crippen LogP contribution in [-0.4, -0.2) is 78.3 Å². The molecule has 0 bridgehead atoms. The van der Waals surface area contributed by atoms with Crippen LogP contribution in [0.3, 0.4) is 0 Å². The van der Waals surface area contributed by atoms with Gasteiger partial charge in [0.15, 0.2) is 0 Å². The Kier molecular flexibility index (Phi) is 6.47. The molecule has 152 valence electrons. The van der Waals surface area contributed by atoms with Gasteiger partial charge in [0.05, 0.1) is 6.26 Å². The third-order valence-electron chi connectivity index (χ3n) is 6.43. The zero-order valence-electron chi connectivity index (χ0n) is 17.0. The van der Waals surface area contributed by atoms with Gasteiger partial charge in [0, 0.05) is 50.4 Å². The van der Waals surface area contributed by atoms with E-state index < -0.39 is 0 Å². The summed E-state index contributed by atoms with van der Waals surface area (Å²) in [7, 11) is 2.22. The quantitative estimate of drug-likeness (QED) is 0.831. The standard InChI is InChI=1S/C23H33N3O2/c1-24-11-8-20(9-12-24)26-14-13-25(18-21(26)10-15-27)17-19-5-2-3-6-22(19)23-7-4-16-28-23/h2-7,16,20-21,27H,8-15,17-18H2,1H3. The van der Waals surface area contributed by atoms with Gasteiger partial charge in [0.1, 0.15) is 5.76 Å². The molecule has 2 aromatic rings. The van der Waals surface area contributed by atoms with Crippen molar-refractivity contribution in [1.29, 1.82) is 0 Å². The van der Waals surface area contributed by atoms with E-state index in [4.69, 9.17) is 4.42 Å². The minimum absolute atomic E-state index is 0.268. The number of aliphatic hydroxyl groups is 1. The molecule has 5 heteroatoms. The van der Waals surface area contributed by atoms with Crippen LogP contribution in [0.25, 0.3) is 11.3 Å². The molecule has 0 saturated carbocycles. The highest BCUT2D eigenvalue weighted by Crippen LogP contribution is 2.27. The Hall–Kier alpha value is -1.66. The third kappa shape index (κ3) is 4.49. The fraction of sp³-hybridized carbons (Fsp3) is 0.565. The Balaban J connectivity index is 1.44. The molecule has 0 amide bonds. The molecule has 5 nitrogen and oxygen atoms in total. The van der Waals surface area contributed by atoms with Crippen molar-refractivity contribution in [2.24, 2.45) is 0 Å². The molecule has 3 heterocycles. The number of hydrogen-bond acceptors (Lipinski definition) is 5. The van der Waals surface area contributed by atoms with Gasteiger partial charge in [-0.25, -0.2) is 0 Å². The smallest absolute Gasteiger partial charge is 0.134 e. The zero-order valence-corrected chi connectivity index (χ0v) is 17.0. The predicted octanol–water partition coefficient (Wildman–Crippen LogP) is 2.91. The Morgan fingerprint density at radius 1 is 1.04 bits per heavy atom. The van der Waals surface area contributed by atoms with E-state index in [9.17, 15) is 5.11 Å². The molecule has 4 rings (SSSR count). The van der Waals surface area contributed by atoms with Gasteiger partial charge < -0.3 is 14.4 Å². The molecule has 1 N–H and O–H groups in total. The molecule has 1 unspecified atom stereocenters. The van der Waals surface area contributed by atoms with Crippen molar-refractivity contribution in [3.63, 3.8) is 0 Å². The first-order chi connectivity index (χ1) is 13.7. The monoisotopic (exact) mass is 383 g/mol. The minimum atomic E-state index is 0.268. The van der Waals surface area contributed by atoms with E-state index in [0.717, 1.165) is 38.4 Å². The van der Waals surface area contributed by atoms with Gasteiger partial charge in [-0.15, -0.1) is 0 Å². The van der Waals surface area contributed by atoms with Crippen LogP contribution in [0, 0.1) is 0 Å². The van der Waals surface area contributed by atoms with Gasteiger partial charge in [0.2, 0.25) is 0 Å². The topological polar surface area (TPSA) is 43.1 Å². The van der Waals surface area contributed by atoms with Gasteiger partial charge in [-0.2, -0.15) is 0 Å². The highest BCUT2D eigenvalue weighted by molar-refractivity contribution is 5.61. The average Bonchev–Trinajstić information content (AvgIpc) is 3.24. The second-order valence-corrected chi connectivity index (χ2v) is 8.31. The molecule has 2 saturated heterocycles. The first kappa shape index (κ1) is 19.6. The van der Waals surface area contributed by atoms with Gasteiger partial charge in [-0.05, 0) is 57.1 Å². The van der Waals surface area contributed by atoms with E-state index in [1.807, 2.05) is 12.1 Å². The number of likely N-dealkylation sites (tertiary alicyclic amines) is 1. The van der Waals surface area contributed by atoms with Crippen LogP contribution in [0.4, 0.5) is 0 Å². The summed E-state index contributed by atoms with van der Waals surface area (Å²) < 4.78 is 5.65. The fourth-order valence-electron chi connectivity index (χ4n) is 4.86. The Morgan fingerprint density at radius 3 is 2.61 bits per heavy atom. The van der Waals surface area contributed by atoms with Crippen molar-refractivity contribution in [2.75, 3.05) is 46.4 Å². The predicted molar refractivity (Wildman–Crippen MR) is 112 cm³/mol. The van der Waals surface area contributed by atoms with Crippen LogP contribution in [0.2, 0.25) is 0 Å². The Morgan fingerprint density at radius 2 is 1.86 bits per heavy atom. The largest absolute Gasteiger partial charge is 0.464 e. The van der Waals surface area contributed by atoms with Crippen LogP contribution in [0.5, 0.6) is 0 Å². The van der Waals surface area contributed by atoms with E-state index in [1.165, 1.54) is 37.1 Å². The van der Waals surface area contributed by atoms with Gasteiger partial charge >= 0.3 is 0 Å². The van der Waals surface area contributed by atoms with Crippen LogP contribution in [0.1, 0.15) is 24.8 Å². The van der Waals surface area contributed by atoms with Crippen LogP contribution in [-0.2, 0) is 6.54 Å². The maximum Gasteiger partial charge on any atom is 0.134 e.